The van der Waals surface area contributed by atoms with E-state index in [0.29, 0.717) is 30.8 Å². The number of nitrogens with zero attached hydrogens (tertiary/aromatic N) is 2. The lowest BCUT2D eigenvalue weighted by Gasteiger charge is -2.34. The van der Waals surface area contributed by atoms with Crippen LogP contribution in [0.1, 0.15) is 49.0 Å². The van der Waals surface area contributed by atoms with Gasteiger partial charge in [0, 0.05) is 37.8 Å². The summed E-state index contributed by atoms with van der Waals surface area (Å²) in [6.45, 7) is 7.92. The Morgan fingerprint density at radius 3 is 2.26 bits per heavy atom. The summed E-state index contributed by atoms with van der Waals surface area (Å²) in [7, 11) is 0. The molecule has 1 saturated heterocycles. The van der Waals surface area contributed by atoms with Crippen LogP contribution in [-0.4, -0.2) is 54.0 Å². The molecular formula is C26H31FN2O2. The van der Waals surface area contributed by atoms with Crippen molar-refractivity contribution in [3.8, 4) is 5.75 Å². The van der Waals surface area contributed by atoms with Crippen molar-refractivity contribution in [1.29, 1.82) is 0 Å². The molecule has 0 N–H and O–H groups in total. The third-order valence-corrected chi connectivity index (χ3v) is 6.32. The Kier molecular flexibility index (Phi) is 6.71. The highest BCUT2D eigenvalue weighted by Gasteiger charge is 2.22. The van der Waals surface area contributed by atoms with Crippen molar-refractivity contribution in [3.05, 3.63) is 71.6 Å². The standard InChI is InChI=1S/C26H31FN2O2/c1-19(2)28-17-13-25(14-18-28)31-24-9-5-20(6-10-24)21-11-15-29(16-12-21)26(30)22-3-7-23(27)8-4-22/h3-11,19,25H,12-18H2,1-2H3. The average molecular weight is 423 g/mol. The van der Waals surface area contributed by atoms with Gasteiger partial charge in [0.2, 0.25) is 0 Å². The van der Waals surface area contributed by atoms with E-state index in [4.69, 9.17) is 4.74 Å². The fraction of sp³-hybridized carbons (Fsp3) is 0.423. The normalized spacial score (nSPS) is 18.2. The van der Waals surface area contributed by atoms with Gasteiger partial charge < -0.3 is 14.5 Å². The fourth-order valence-electron chi connectivity index (χ4n) is 4.34. The minimum absolute atomic E-state index is 0.0532. The molecule has 31 heavy (non-hydrogen) atoms. The average Bonchev–Trinajstić information content (AvgIpc) is 2.80. The van der Waals surface area contributed by atoms with Gasteiger partial charge in [0.25, 0.3) is 5.91 Å². The van der Waals surface area contributed by atoms with Crippen molar-refractivity contribution in [2.24, 2.45) is 0 Å². The van der Waals surface area contributed by atoms with Crippen molar-refractivity contribution < 1.29 is 13.9 Å². The van der Waals surface area contributed by atoms with Crippen LogP contribution in [-0.2, 0) is 0 Å². The first kappa shape index (κ1) is 21.6. The number of rotatable bonds is 5. The van der Waals surface area contributed by atoms with Crippen molar-refractivity contribution in [3.63, 3.8) is 0 Å². The molecular weight excluding hydrogens is 391 g/mol. The number of carbonyl (C=O) groups excluding carboxylic acids is 1. The van der Waals surface area contributed by atoms with Gasteiger partial charge in [-0.05, 0) is 80.6 Å². The SMILES string of the molecule is CC(C)N1CCC(Oc2ccc(C3=CCN(C(=O)c4ccc(F)cc4)CC3)cc2)CC1. The molecule has 2 heterocycles. The first-order valence-corrected chi connectivity index (χ1v) is 11.2. The molecule has 164 valence electrons. The molecule has 0 bridgehead atoms. The van der Waals surface area contributed by atoms with Crippen molar-refractivity contribution in [2.45, 2.75) is 45.3 Å². The van der Waals surface area contributed by atoms with Crippen LogP contribution in [0.2, 0.25) is 0 Å². The molecule has 0 unspecified atom stereocenters. The molecule has 1 fully saturated rings. The second-order valence-corrected chi connectivity index (χ2v) is 8.71. The summed E-state index contributed by atoms with van der Waals surface area (Å²) in [5, 5.41) is 0. The van der Waals surface area contributed by atoms with Crippen molar-refractivity contribution in [1.82, 2.24) is 9.80 Å². The van der Waals surface area contributed by atoms with E-state index in [9.17, 15) is 9.18 Å². The number of carbonyl (C=O) groups is 1. The first-order valence-electron chi connectivity index (χ1n) is 11.2. The van der Waals surface area contributed by atoms with Crippen LogP contribution in [0.25, 0.3) is 5.57 Å². The van der Waals surface area contributed by atoms with Gasteiger partial charge in [0.15, 0.2) is 0 Å². The van der Waals surface area contributed by atoms with E-state index in [0.717, 1.165) is 38.1 Å². The summed E-state index contributed by atoms with van der Waals surface area (Å²) >= 11 is 0. The monoisotopic (exact) mass is 422 g/mol. The first-order chi connectivity index (χ1) is 15.0. The molecule has 2 aliphatic rings. The summed E-state index contributed by atoms with van der Waals surface area (Å²) in [6, 6.07) is 14.7. The Morgan fingerprint density at radius 2 is 1.68 bits per heavy atom. The molecule has 4 rings (SSSR count). The highest BCUT2D eigenvalue weighted by atomic mass is 19.1. The van der Waals surface area contributed by atoms with E-state index < -0.39 is 0 Å². The van der Waals surface area contributed by atoms with Crippen molar-refractivity contribution in [2.75, 3.05) is 26.2 Å². The highest BCUT2D eigenvalue weighted by Crippen LogP contribution is 2.26. The molecule has 2 aromatic rings. The summed E-state index contributed by atoms with van der Waals surface area (Å²) in [6.07, 6.45) is 5.36. The molecule has 5 heteroatoms. The lowest BCUT2D eigenvalue weighted by molar-refractivity contribution is 0.0772. The summed E-state index contributed by atoms with van der Waals surface area (Å²) in [4.78, 5) is 16.9. The van der Waals surface area contributed by atoms with Crippen LogP contribution >= 0.6 is 0 Å². The Morgan fingerprint density at radius 1 is 1.00 bits per heavy atom. The molecule has 0 saturated carbocycles. The second-order valence-electron chi connectivity index (χ2n) is 8.71. The van der Waals surface area contributed by atoms with Gasteiger partial charge >= 0.3 is 0 Å². The third kappa shape index (κ3) is 5.34. The summed E-state index contributed by atoms with van der Waals surface area (Å²) < 4.78 is 19.3. The van der Waals surface area contributed by atoms with Crippen LogP contribution in [0.3, 0.4) is 0 Å². The van der Waals surface area contributed by atoms with E-state index in [2.05, 4.69) is 49.1 Å². The maximum atomic E-state index is 13.1. The van der Waals surface area contributed by atoms with E-state index in [1.54, 1.807) is 17.0 Å². The Balaban J connectivity index is 1.31. The predicted octanol–water partition coefficient (Wildman–Crippen LogP) is 5.01. The van der Waals surface area contributed by atoms with Gasteiger partial charge in [-0.2, -0.15) is 0 Å². The number of ether oxygens (including phenoxy) is 1. The second kappa shape index (κ2) is 9.65. The Bertz CT molecular complexity index is 913. The maximum absolute atomic E-state index is 13.1. The quantitative estimate of drug-likeness (QED) is 0.679. The van der Waals surface area contributed by atoms with E-state index in [1.807, 2.05) is 0 Å². The number of likely N-dealkylation sites (tertiary alicyclic amines) is 1. The largest absolute Gasteiger partial charge is 0.490 e. The Hall–Kier alpha value is -2.66. The van der Waals surface area contributed by atoms with Crippen LogP contribution in [0, 0.1) is 5.82 Å². The molecule has 4 nitrogen and oxygen atoms in total. The van der Waals surface area contributed by atoms with Gasteiger partial charge in [-0.1, -0.05) is 18.2 Å². The number of amides is 1. The number of piperidine rings is 1. The molecule has 2 aliphatic heterocycles. The molecule has 0 aliphatic carbocycles. The summed E-state index contributed by atoms with van der Waals surface area (Å²) in [5.41, 5.74) is 2.95. The molecule has 1 amide bonds. The van der Waals surface area contributed by atoms with Crippen LogP contribution in [0.4, 0.5) is 4.39 Å². The molecule has 0 aromatic heterocycles. The topological polar surface area (TPSA) is 32.8 Å². The van der Waals surface area contributed by atoms with Gasteiger partial charge in [-0.25, -0.2) is 4.39 Å². The maximum Gasteiger partial charge on any atom is 0.254 e. The minimum atomic E-state index is -0.328. The number of halogens is 1. The smallest absolute Gasteiger partial charge is 0.254 e. The zero-order chi connectivity index (χ0) is 21.8. The van der Waals surface area contributed by atoms with Gasteiger partial charge in [-0.3, -0.25) is 4.79 Å². The lowest BCUT2D eigenvalue weighted by Crippen LogP contribution is -2.41. The van der Waals surface area contributed by atoms with Crippen LogP contribution in [0.5, 0.6) is 5.75 Å². The number of hydrogen-bond acceptors (Lipinski definition) is 3. The van der Waals surface area contributed by atoms with Crippen LogP contribution < -0.4 is 4.74 Å². The van der Waals surface area contributed by atoms with E-state index in [-0.39, 0.29) is 11.7 Å². The molecule has 0 atom stereocenters. The Labute approximate surface area is 184 Å². The lowest BCUT2D eigenvalue weighted by atomic mass is 9.99. The molecule has 2 aromatic carbocycles. The number of hydrogen-bond donors (Lipinski definition) is 0. The van der Waals surface area contributed by atoms with E-state index in [1.165, 1.54) is 23.3 Å². The molecule has 0 spiro atoms. The molecule has 0 radical (unpaired) electrons. The fourth-order valence-corrected chi connectivity index (χ4v) is 4.34. The van der Waals surface area contributed by atoms with Gasteiger partial charge in [0.1, 0.15) is 17.7 Å². The van der Waals surface area contributed by atoms with Gasteiger partial charge in [-0.15, -0.1) is 0 Å². The summed E-state index contributed by atoms with van der Waals surface area (Å²) in [5.74, 6) is 0.546. The minimum Gasteiger partial charge on any atom is -0.490 e. The van der Waals surface area contributed by atoms with Crippen LogP contribution in [0.15, 0.2) is 54.6 Å². The zero-order valence-corrected chi connectivity index (χ0v) is 18.4. The van der Waals surface area contributed by atoms with E-state index >= 15 is 0 Å². The predicted molar refractivity (Wildman–Crippen MR) is 122 cm³/mol. The van der Waals surface area contributed by atoms with Crippen molar-refractivity contribution >= 4 is 11.5 Å². The highest BCUT2D eigenvalue weighted by molar-refractivity contribution is 5.94. The third-order valence-electron chi connectivity index (χ3n) is 6.32. The zero-order valence-electron chi connectivity index (χ0n) is 18.4. The number of benzene rings is 2. The van der Waals surface area contributed by atoms with Gasteiger partial charge in [0.05, 0.1) is 0 Å².